The number of hydrogen-bond donors (Lipinski definition) is 1. The van der Waals surface area contributed by atoms with Gasteiger partial charge in [0.25, 0.3) is 0 Å². The van der Waals surface area contributed by atoms with Crippen molar-refractivity contribution in [3.05, 3.63) is 52.7 Å². The summed E-state index contributed by atoms with van der Waals surface area (Å²) >= 11 is 1.04. The number of fused-ring (bicyclic) bond motifs is 1. The second-order valence-corrected chi connectivity index (χ2v) is 6.69. The lowest BCUT2D eigenvalue weighted by molar-refractivity contribution is -0.129. The summed E-state index contributed by atoms with van der Waals surface area (Å²) in [6.07, 6.45) is 4.98. The second-order valence-electron chi connectivity index (χ2n) is 5.66. The zero-order valence-electron chi connectivity index (χ0n) is 14.3. The van der Waals surface area contributed by atoms with Crippen molar-refractivity contribution in [3.8, 4) is 0 Å². The monoisotopic (exact) mass is 371 g/mol. The third-order valence-corrected chi connectivity index (χ3v) is 4.88. The average Bonchev–Trinajstić information content (AvgIpc) is 3.09. The summed E-state index contributed by atoms with van der Waals surface area (Å²) in [4.78, 5) is 41.8. The lowest BCUT2D eigenvalue weighted by atomic mass is 9.93. The lowest BCUT2D eigenvalue weighted by Crippen LogP contribution is -2.33. The minimum atomic E-state index is -0.503. The number of hydrogen-bond acceptors (Lipinski definition) is 6. The molecule has 0 bridgehead atoms. The highest BCUT2D eigenvalue weighted by Gasteiger charge is 2.28. The molecule has 0 spiro atoms. The predicted molar refractivity (Wildman–Crippen MR) is 97.4 cm³/mol. The first-order chi connectivity index (χ1) is 12.5. The van der Waals surface area contributed by atoms with E-state index in [0.717, 1.165) is 22.5 Å². The number of benzene rings is 1. The number of ether oxygens (including phenoxy) is 1. The topological polar surface area (TPSA) is 88.6 Å². The number of aromatic nitrogens is 1. The van der Waals surface area contributed by atoms with E-state index < -0.39 is 12.0 Å². The van der Waals surface area contributed by atoms with Crippen molar-refractivity contribution in [2.45, 2.75) is 19.4 Å². The fourth-order valence-corrected chi connectivity index (χ4v) is 3.54. The van der Waals surface area contributed by atoms with E-state index in [-0.39, 0.29) is 18.2 Å². The molecule has 2 heterocycles. The Morgan fingerprint density at radius 1 is 1.31 bits per heavy atom. The molecule has 0 saturated carbocycles. The fourth-order valence-electron chi connectivity index (χ4n) is 2.79. The summed E-state index contributed by atoms with van der Waals surface area (Å²) in [7, 11) is 1.28. The second kappa shape index (κ2) is 7.49. The Morgan fingerprint density at radius 3 is 2.81 bits per heavy atom. The molecule has 1 N–H and O–H groups in total. The van der Waals surface area contributed by atoms with Crippen molar-refractivity contribution in [2.75, 3.05) is 12.4 Å². The van der Waals surface area contributed by atoms with Crippen LogP contribution < -0.4 is 5.32 Å². The molecule has 26 heavy (non-hydrogen) atoms. The molecule has 1 aliphatic rings. The smallest absolute Gasteiger partial charge is 0.349 e. The third-order valence-electron chi connectivity index (χ3n) is 3.99. The van der Waals surface area contributed by atoms with Crippen molar-refractivity contribution < 1.29 is 19.1 Å². The molecular formula is C18H17N3O4S. The van der Waals surface area contributed by atoms with E-state index in [1.807, 2.05) is 30.3 Å². The number of rotatable bonds is 4. The van der Waals surface area contributed by atoms with Crippen molar-refractivity contribution in [1.82, 2.24) is 9.88 Å². The molecular weight excluding hydrogens is 354 g/mol. The number of nitrogens with one attached hydrogen (secondary N) is 1. The number of methoxy groups -OCH3 is 1. The summed E-state index contributed by atoms with van der Waals surface area (Å²) in [5.74, 6) is -0.940. The van der Waals surface area contributed by atoms with Gasteiger partial charge in [-0.05, 0) is 17.2 Å². The van der Waals surface area contributed by atoms with Gasteiger partial charge in [0.2, 0.25) is 11.8 Å². The van der Waals surface area contributed by atoms with Crippen LogP contribution in [0.5, 0.6) is 0 Å². The first-order valence-corrected chi connectivity index (χ1v) is 8.71. The molecule has 2 aromatic rings. The SMILES string of the molecule is COC(=O)c1cnc(NC(=O)CC2c3ccccc3C=CN2C(C)=O)s1. The lowest BCUT2D eigenvalue weighted by Gasteiger charge is -2.32. The normalized spacial score (nSPS) is 15.3. The van der Waals surface area contributed by atoms with Crippen LogP contribution in [-0.4, -0.2) is 34.8 Å². The minimum Gasteiger partial charge on any atom is -0.465 e. The molecule has 1 unspecified atom stereocenters. The van der Waals surface area contributed by atoms with E-state index in [0.29, 0.717) is 10.0 Å². The van der Waals surface area contributed by atoms with Crippen LogP contribution in [0, 0.1) is 0 Å². The molecule has 2 amide bonds. The zero-order valence-corrected chi connectivity index (χ0v) is 15.1. The summed E-state index contributed by atoms with van der Waals surface area (Å²) < 4.78 is 4.62. The average molecular weight is 371 g/mol. The van der Waals surface area contributed by atoms with Gasteiger partial charge in [-0.15, -0.1) is 0 Å². The summed E-state index contributed by atoms with van der Waals surface area (Å²) in [5.41, 5.74) is 1.89. The Labute approximate surface area is 154 Å². The third kappa shape index (κ3) is 3.65. The van der Waals surface area contributed by atoms with E-state index in [2.05, 4.69) is 15.0 Å². The minimum absolute atomic E-state index is 0.0775. The van der Waals surface area contributed by atoms with Crippen LogP contribution in [0.4, 0.5) is 5.13 Å². The van der Waals surface area contributed by atoms with Gasteiger partial charge in [0.15, 0.2) is 5.13 Å². The molecule has 0 aliphatic carbocycles. The van der Waals surface area contributed by atoms with E-state index in [4.69, 9.17) is 0 Å². The van der Waals surface area contributed by atoms with Crippen molar-refractivity contribution in [3.63, 3.8) is 0 Å². The van der Waals surface area contributed by atoms with E-state index in [1.165, 1.54) is 20.2 Å². The van der Waals surface area contributed by atoms with E-state index in [9.17, 15) is 14.4 Å². The van der Waals surface area contributed by atoms with Crippen LogP contribution in [0.25, 0.3) is 6.08 Å². The molecule has 7 nitrogen and oxygen atoms in total. The van der Waals surface area contributed by atoms with Gasteiger partial charge in [-0.1, -0.05) is 35.6 Å². The molecule has 3 rings (SSSR count). The van der Waals surface area contributed by atoms with Crippen LogP contribution >= 0.6 is 11.3 Å². The van der Waals surface area contributed by atoms with Gasteiger partial charge < -0.3 is 15.0 Å². The molecule has 0 fully saturated rings. The van der Waals surface area contributed by atoms with Crippen LogP contribution in [0.15, 0.2) is 36.7 Å². The maximum Gasteiger partial charge on any atom is 0.349 e. The number of carbonyl (C=O) groups is 3. The molecule has 8 heteroatoms. The highest BCUT2D eigenvalue weighted by atomic mass is 32.1. The quantitative estimate of drug-likeness (QED) is 0.835. The maximum atomic E-state index is 12.5. The number of amides is 2. The highest BCUT2D eigenvalue weighted by Crippen LogP contribution is 2.33. The Hall–Kier alpha value is -3.00. The van der Waals surface area contributed by atoms with E-state index in [1.54, 1.807) is 11.1 Å². The van der Waals surface area contributed by atoms with Gasteiger partial charge in [-0.25, -0.2) is 9.78 Å². The number of nitrogens with zero attached hydrogens (tertiary/aromatic N) is 2. The number of thiazole rings is 1. The van der Waals surface area contributed by atoms with Crippen LogP contribution in [-0.2, 0) is 14.3 Å². The van der Waals surface area contributed by atoms with Gasteiger partial charge in [-0.3, -0.25) is 9.59 Å². The van der Waals surface area contributed by atoms with E-state index >= 15 is 0 Å². The molecule has 1 aliphatic heterocycles. The fraction of sp³-hybridized carbons (Fsp3) is 0.222. The molecule has 1 aromatic heterocycles. The van der Waals surface area contributed by atoms with Crippen molar-refractivity contribution in [1.29, 1.82) is 0 Å². The molecule has 1 atom stereocenters. The van der Waals surface area contributed by atoms with Gasteiger partial charge >= 0.3 is 5.97 Å². The largest absolute Gasteiger partial charge is 0.465 e. The maximum absolute atomic E-state index is 12.5. The number of esters is 1. The van der Waals surface area contributed by atoms with Crippen molar-refractivity contribution in [2.24, 2.45) is 0 Å². The van der Waals surface area contributed by atoms with Crippen LogP contribution in [0.2, 0.25) is 0 Å². The number of carbonyl (C=O) groups excluding carboxylic acids is 3. The van der Waals surface area contributed by atoms with Gasteiger partial charge in [0, 0.05) is 13.1 Å². The molecule has 0 saturated heterocycles. The highest BCUT2D eigenvalue weighted by molar-refractivity contribution is 7.17. The molecule has 1 aromatic carbocycles. The van der Waals surface area contributed by atoms with Crippen LogP contribution in [0.3, 0.4) is 0 Å². The van der Waals surface area contributed by atoms with Crippen LogP contribution in [0.1, 0.15) is 40.2 Å². The summed E-state index contributed by atoms with van der Waals surface area (Å²) in [5, 5.41) is 2.99. The van der Waals surface area contributed by atoms with Gasteiger partial charge in [0.1, 0.15) is 4.88 Å². The standard InChI is InChI=1S/C18H17N3O4S/c1-11(22)21-8-7-12-5-3-4-6-13(12)14(21)9-16(23)20-18-19-10-15(26-18)17(24)25-2/h3-8,10,14H,9H2,1-2H3,(H,19,20,23). The Balaban J connectivity index is 1.76. The Morgan fingerprint density at radius 2 is 2.08 bits per heavy atom. The van der Waals surface area contributed by atoms with Gasteiger partial charge in [-0.2, -0.15) is 0 Å². The molecule has 134 valence electrons. The Bertz CT molecular complexity index is 890. The summed E-state index contributed by atoms with van der Waals surface area (Å²) in [6, 6.07) is 7.25. The molecule has 0 radical (unpaired) electrons. The predicted octanol–water partition coefficient (Wildman–Crippen LogP) is 2.83. The van der Waals surface area contributed by atoms with Crippen molar-refractivity contribution >= 4 is 40.3 Å². The Kier molecular flexibility index (Phi) is 5.13. The number of anilines is 1. The van der Waals surface area contributed by atoms with Gasteiger partial charge in [0.05, 0.1) is 25.8 Å². The zero-order chi connectivity index (χ0) is 18.7. The first-order valence-electron chi connectivity index (χ1n) is 7.89. The first kappa shape index (κ1) is 17.8. The summed E-state index contributed by atoms with van der Waals surface area (Å²) in [6.45, 7) is 1.46.